The molecule has 1 aromatic carbocycles. The predicted octanol–water partition coefficient (Wildman–Crippen LogP) is 3.84. The van der Waals surface area contributed by atoms with E-state index in [1.807, 2.05) is 6.92 Å². The van der Waals surface area contributed by atoms with Crippen LogP contribution in [0, 0.1) is 11.8 Å². The van der Waals surface area contributed by atoms with Crippen LogP contribution in [0.2, 0.25) is 0 Å². The smallest absolute Gasteiger partial charge is 0.308 e. The number of hydrogen-bond donors (Lipinski definition) is 1. The van der Waals surface area contributed by atoms with E-state index in [4.69, 9.17) is 4.74 Å². The molecule has 4 rings (SSSR count). The Morgan fingerprint density at radius 3 is 2.96 bits per heavy atom. The number of hydrogen-bond acceptors (Lipinski definition) is 3. The van der Waals surface area contributed by atoms with Gasteiger partial charge in [0.25, 0.3) is 0 Å². The number of rotatable bonds is 2. The van der Waals surface area contributed by atoms with E-state index in [2.05, 4.69) is 47.1 Å². The highest BCUT2D eigenvalue weighted by molar-refractivity contribution is 5.85. The van der Waals surface area contributed by atoms with Crippen molar-refractivity contribution in [1.82, 2.24) is 9.88 Å². The molecule has 4 heteroatoms. The van der Waals surface area contributed by atoms with E-state index in [1.165, 1.54) is 34.8 Å². The van der Waals surface area contributed by atoms with Crippen LogP contribution in [-0.2, 0) is 16.0 Å². The summed E-state index contributed by atoms with van der Waals surface area (Å²) in [6, 6.07) is 8.94. The second-order valence-electron chi connectivity index (χ2n) is 7.32. The molecule has 1 aromatic heterocycles. The van der Waals surface area contributed by atoms with Gasteiger partial charge < -0.3 is 9.72 Å². The topological polar surface area (TPSA) is 45.3 Å². The van der Waals surface area contributed by atoms with Crippen molar-refractivity contribution >= 4 is 16.9 Å². The second-order valence-corrected chi connectivity index (χ2v) is 7.32. The number of esters is 1. The fourth-order valence-electron chi connectivity index (χ4n) is 4.75. The lowest BCUT2D eigenvalue weighted by atomic mass is 9.76. The molecule has 25 heavy (non-hydrogen) atoms. The molecular weight excluding hydrogens is 312 g/mol. The van der Waals surface area contributed by atoms with Gasteiger partial charge in [0.1, 0.15) is 0 Å². The molecule has 2 aromatic rings. The van der Waals surface area contributed by atoms with Gasteiger partial charge in [-0.1, -0.05) is 36.8 Å². The number of nitrogens with zero attached hydrogens (tertiary/aromatic N) is 1. The largest absolute Gasteiger partial charge is 0.469 e. The molecule has 3 heterocycles. The number of para-hydroxylation sites is 1. The Bertz CT molecular complexity index is 836. The van der Waals surface area contributed by atoms with Crippen molar-refractivity contribution in [3.63, 3.8) is 0 Å². The van der Waals surface area contributed by atoms with Crippen molar-refractivity contribution in [3.05, 3.63) is 47.2 Å². The first-order chi connectivity index (χ1) is 12.1. The van der Waals surface area contributed by atoms with Crippen LogP contribution in [0.15, 0.2) is 35.9 Å². The standard InChI is InChI=1S/C21H26N2O2/c1-4-14-12-23-10-9-16-15-7-5-6-8-18(15)22-20(16)19(23)11-17(14)13(2)21(24)25-3/h4-8,13,17,19,22H,9-12H2,1-3H3/b14-4-/t13?,17-,19+/m1/s1. The number of allylic oxidation sites excluding steroid dienone is 1. The number of ether oxygens (including phenoxy) is 1. The highest BCUT2D eigenvalue weighted by atomic mass is 16.5. The third kappa shape index (κ3) is 2.60. The molecule has 1 fully saturated rings. The number of methoxy groups -OCH3 is 1. The van der Waals surface area contributed by atoms with Crippen LogP contribution in [0.3, 0.4) is 0 Å². The van der Waals surface area contributed by atoms with Gasteiger partial charge in [0.15, 0.2) is 0 Å². The molecule has 1 unspecified atom stereocenters. The Morgan fingerprint density at radius 1 is 1.40 bits per heavy atom. The summed E-state index contributed by atoms with van der Waals surface area (Å²) in [5.41, 5.74) is 5.41. The number of nitrogens with one attached hydrogen (secondary N) is 1. The highest BCUT2D eigenvalue weighted by Gasteiger charge is 2.40. The quantitative estimate of drug-likeness (QED) is 0.668. The summed E-state index contributed by atoms with van der Waals surface area (Å²) < 4.78 is 5.02. The van der Waals surface area contributed by atoms with Crippen molar-refractivity contribution < 1.29 is 9.53 Å². The zero-order valence-corrected chi connectivity index (χ0v) is 15.2. The van der Waals surface area contributed by atoms with Gasteiger partial charge in [0.05, 0.1) is 19.1 Å². The number of H-pyrrole nitrogens is 1. The number of aromatic nitrogens is 1. The van der Waals surface area contributed by atoms with Crippen LogP contribution < -0.4 is 0 Å². The Hall–Kier alpha value is -2.07. The molecule has 0 saturated carbocycles. The molecule has 1 N–H and O–H groups in total. The maximum atomic E-state index is 12.1. The lowest BCUT2D eigenvalue weighted by Crippen LogP contribution is -2.44. The monoisotopic (exact) mass is 338 g/mol. The number of carbonyl (C=O) groups is 1. The van der Waals surface area contributed by atoms with Crippen molar-refractivity contribution in [2.45, 2.75) is 32.7 Å². The van der Waals surface area contributed by atoms with E-state index >= 15 is 0 Å². The summed E-state index contributed by atoms with van der Waals surface area (Å²) in [7, 11) is 1.49. The first-order valence-corrected chi connectivity index (χ1v) is 9.20. The van der Waals surface area contributed by atoms with Crippen molar-refractivity contribution in [2.24, 2.45) is 11.8 Å². The molecule has 2 aliphatic rings. The van der Waals surface area contributed by atoms with Gasteiger partial charge in [-0.05, 0) is 37.3 Å². The number of fused-ring (bicyclic) bond motifs is 5. The van der Waals surface area contributed by atoms with Crippen molar-refractivity contribution in [3.8, 4) is 0 Å². The summed E-state index contributed by atoms with van der Waals surface area (Å²) in [5, 5.41) is 1.35. The van der Waals surface area contributed by atoms with E-state index in [-0.39, 0.29) is 17.8 Å². The highest BCUT2D eigenvalue weighted by Crippen LogP contribution is 2.44. The minimum atomic E-state index is -0.106. The summed E-state index contributed by atoms with van der Waals surface area (Å²) in [6.45, 7) is 6.12. The SMILES string of the molecule is C/C=C1/CN2CCc3c([nH]c4ccccc34)[C@@H]2C[C@@H]1C(C)C(=O)OC. The molecule has 0 aliphatic carbocycles. The lowest BCUT2D eigenvalue weighted by Gasteiger charge is -2.44. The number of piperidine rings is 1. The van der Waals surface area contributed by atoms with E-state index in [0.29, 0.717) is 6.04 Å². The third-order valence-corrected chi connectivity index (χ3v) is 6.16. The van der Waals surface area contributed by atoms with Gasteiger partial charge in [0, 0.05) is 29.7 Å². The van der Waals surface area contributed by atoms with Crippen molar-refractivity contribution in [2.75, 3.05) is 20.2 Å². The summed E-state index contributed by atoms with van der Waals surface area (Å²) in [4.78, 5) is 18.4. The van der Waals surface area contributed by atoms with Gasteiger partial charge in [0.2, 0.25) is 0 Å². The van der Waals surface area contributed by atoms with Crippen LogP contribution in [0.1, 0.15) is 37.6 Å². The Balaban J connectivity index is 1.72. The number of carbonyl (C=O) groups excluding carboxylic acids is 1. The van der Waals surface area contributed by atoms with Crippen LogP contribution in [0.5, 0.6) is 0 Å². The van der Waals surface area contributed by atoms with Gasteiger partial charge in [-0.25, -0.2) is 0 Å². The maximum Gasteiger partial charge on any atom is 0.308 e. The van der Waals surface area contributed by atoms with Gasteiger partial charge in [-0.2, -0.15) is 0 Å². The average Bonchev–Trinajstić information content (AvgIpc) is 3.04. The van der Waals surface area contributed by atoms with Crippen LogP contribution >= 0.6 is 0 Å². The number of aromatic amines is 1. The van der Waals surface area contributed by atoms with Crippen LogP contribution in [0.25, 0.3) is 10.9 Å². The minimum absolute atomic E-state index is 0.104. The normalized spacial score (nSPS) is 26.3. The maximum absolute atomic E-state index is 12.1. The molecule has 2 aliphatic heterocycles. The van der Waals surface area contributed by atoms with Gasteiger partial charge >= 0.3 is 5.97 Å². The van der Waals surface area contributed by atoms with E-state index in [1.54, 1.807) is 0 Å². The second kappa shape index (κ2) is 6.34. The minimum Gasteiger partial charge on any atom is -0.469 e. The zero-order chi connectivity index (χ0) is 17.6. The Morgan fingerprint density at radius 2 is 2.20 bits per heavy atom. The molecule has 0 bridgehead atoms. The van der Waals surface area contributed by atoms with E-state index in [0.717, 1.165) is 25.9 Å². The zero-order valence-electron chi connectivity index (χ0n) is 15.2. The fourth-order valence-corrected chi connectivity index (χ4v) is 4.75. The van der Waals surface area contributed by atoms with E-state index < -0.39 is 0 Å². The molecule has 3 atom stereocenters. The summed E-state index contributed by atoms with van der Waals surface area (Å²) in [6.07, 6.45) is 4.25. The first-order valence-electron chi connectivity index (χ1n) is 9.20. The molecule has 0 radical (unpaired) electrons. The molecule has 4 nitrogen and oxygen atoms in total. The molecule has 1 saturated heterocycles. The Kier molecular flexibility index (Phi) is 4.16. The van der Waals surface area contributed by atoms with Crippen LogP contribution in [-0.4, -0.2) is 36.1 Å². The first kappa shape index (κ1) is 16.4. The molecule has 132 valence electrons. The molecule has 0 spiro atoms. The Labute approximate surface area is 148 Å². The summed E-state index contributed by atoms with van der Waals surface area (Å²) in [5.74, 6) is 0.0367. The third-order valence-electron chi connectivity index (χ3n) is 6.16. The predicted molar refractivity (Wildman–Crippen MR) is 99.4 cm³/mol. The average molecular weight is 338 g/mol. The molecule has 0 amide bonds. The van der Waals surface area contributed by atoms with E-state index in [9.17, 15) is 4.79 Å². The van der Waals surface area contributed by atoms with Crippen molar-refractivity contribution in [1.29, 1.82) is 0 Å². The van der Waals surface area contributed by atoms with Gasteiger partial charge in [-0.15, -0.1) is 0 Å². The summed E-state index contributed by atoms with van der Waals surface area (Å²) >= 11 is 0. The lowest BCUT2D eigenvalue weighted by molar-refractivity contribution is -0.146. The number of benzene rings is 1. The van der Waals surface area contributed by atoms with Gasteiger partial charge in [-0.3, -0.25) is 9.69 Å². The fraction of sp³-hybridized carbons (Fsp3) is 0.476. The molecular formula is C21H26N2O2. The van der Waals surface area contributed by atoms with Crippen LogP contribution in [0.4, 0.5) is 0 Å².